The number of benzene rings is 2. The summed E-state index contributed by atoms with van der Waals surface area (Å²) in [7, 11) is 0. The number of aliphatic hydroxyl groups is 1. The Bertz CT molecular complexity index is 586. The molecule has 0 aromatic heterocycles. The van der Waals surface area contributed by atoms with Gasteiger partial charge < -0.3 is 10.4 Å². The molecule has 0 saturated carbocycles. The molecule has 0 aliphatic heterocycles. The molecule has 3 nitrogen and oxygen atoms in total. The number of hydrogen-bond acceptors (Lipinski definition) is 2. The molecule has 0 aliphatic carbocycles. The van der Waals surface area contributed by atoms with E-state index in [0.717, 1.165) is 5.56 Å². The molecule has 2 N–H and O–H groups in total. The maximum atomic E-state index is 13.5. The van der Waals surface area contributed by atoms with Gasteiger partial charge in [-0.15, -0.1) is 0 Å². The summed E-state index contributed by atoms with van der Waals surface area (Å²) >= 11 is 0. The van der Waals surface area contributed by atoms with Crippen molar-refractivity contribution in [3.63, 3.8) is 0 Å². The van der Waals surface area contributed by atoms with Gasteiger partial charge in [-0.25, -0.2) is 4.39 Å². The Morgan fingerprint density at radius 2 is 1.76 bits per heavy atom. The van der Waals surface area contributed by atoms with Crippen LogP contribution in [0.5, 0.6) is 0 Å². The highest BCUT2D eigenvalue weighted by Crippen LogP contribution is 2.08. The first-order valence-electron chi connectivity index (χ1n) is 6.86. The maximum absolute atomic E-state index is 13.5. The van der Waals surface area contributed by atoms with Gasteiger partial charge in [0.1, 0.15) is 5.82 Å². The second kappa shape index (κ2) is 7.55. The predicted molar refractivity (Wildman–Crippen MR) is 79.3 cm³/mol. The molecule has 0 bridgehead atoms. The number of carbonyl (C=O) groups is 1. The maximum Gasteiger partial charge on any atom is 0.224 e. The van der Waals surface area contributed by atoms with Gasteiger partial charge in [0.25, 0.3) is 0 Å². The summed E-state index contributed by atoms with van der Waals surface area (Å²) in [5.74, 6) is -0.689. The van der Waals surface area contributed by atoms with E-state index in [4.69, 9.17) is 0 Å². The third kappa shape index (κ3) is 4.68. The molecule has 0 saturated heterocycles. The highest BCUT2D eigenvalue weighted by molar-refractivity contribution is 5.78. The lowest BCUT2D eigenvalue weighted by molar-refractivity contribution is -0.121. The molecule has 21 heavy (non-hydrogen) atoms. The third-order valence-electron chi connectivity index (χ3n) is 3.22. The van der Waals surface area contributed by atoms with Gasteiger partial charge in [0.2, 0.25) is 5.91 Å². The van der Waals surface area contributed by atoms with Crippen LogP contribution in [0.25, 0.3) is 0 Å². The van der Waals surface area contributed by atoms with Crippen molar-refractivity contribution in [2.75, 3.05) is 6.61 Å². The van der Waals surface area contributed by atoms with Crippen LogP contribution in [-0.4, -0.2) is 23.7 Å². The van der Waals surface area contributed by atoms with Crippen LogP contribution >= 0.6 is 0 Å². The highest BCUT2D eigenvalue weighted by Gasteiger charge is 2.13. The zero-order valence-electron chi connectivity index (χ0n) is 11.6. The van der Waals surface area contributed by atoms with E-state index in [1.807, 2.05) is 30.3 Å². The van der Waals surface area contributed by atoms with Crippen molar-refractivity contribution in [3.05, 3.63) is 71.5 Å². The lowest BCUT2D eigenvalue weighted by Crippen LogP contribution is -2.40. The summed E-state index contributed by atoms with van der Waals surface area (Å²) in [6.07, 6.45) is 0.512. The smallest absolute Gasteiger partial charge is 0.224 e. The Morgan fingerprint density at radius 1 is 1.10 bits per heavy atom. The van der Waals surface area contributed by atoms with Crippen LogP contribution in [-0.2, 0) is 17.6 Å². The average molecular weight is 287 g/mol. The number of rotatable bonds is 6. The number of hydrogen-bond donors (Lipinski definition) is 2. The van der Waals surface area contributed by atoms with Crippen LogP contribution in [0.2, 0.25) is 0 Å². The third-order valence-corrected chi connectivity index (χ3v) is 3.22. The van der Waals surface area contributed by atoms with E-state index in [1.54, 1.807) is 18.2 Å². The summed E-state index contributed by atoms with van der Waals surface area (Å²) in [6, 6.07) is 15.4. The molecular formula is C17H18FNO2. The number of aliphatic hydroxyl groups excluding tert-OH is 1. The lowest BCUT2D eigenvalue weighted by Gasteiger charge is -2.16. The SMILES string of the molecule is O=C(Cc1ccccc1F)NC(CO)Cc1ccccc1. The Hall–Kier alpha value is -2.20. The van der Waals surface area contributed by atoms with Crippen molar-refractivity contribution in [1.82, 2.24) is 5.32 Å². The van der Waals surface area contributed by atoms with Gasteiger partial charge in [-0.05, 0) is 23.6 Å². The normalized spacial score (nSPS) is 11.9. The fourth-order valence-electron chi connectivity index (χ4n) is 2.15. The monoisotopic (exact) mass is 287 g/mol. The van der Waals surface area contributed by atoms with Gasteiger partial charge >= 0.3 is 0 Å². The molecule has 1 atom stereocenters. The molecule has 2 rings (SSSR count). The summed E-state index contributed by atoms with van der Waals surface area (Å²) in [5, 5.41) is 12.1. The summed E-state index contributed by atoms with van der Waals surface area (Å²) in [4.78, 5) is 11.9. The summed E-state index contributed by atoms with van der Waals surface area (Å²) < 4.78 is 13.5. The minimum absolute atomic E-state index is 0.0298. The molecule has 1 unspecified atom stereocenters. The minimum atomic E-state index is -0.392. The molecule has 4 heteroatoms. The Kier molecular flexibility index (Phi) is 5.46. The van der Waals surface area contributed by atoms with Gasteiger partial charge in [-0.1, -0.05) is 48.5 Å². The molecule has 2 aromatic carbocycles. The highest BCUT2D eigenvalue weighted by atomic mass is 19.1. The van der Waals surface area contributed by atoms with E-state index in [0.29, 0.717) is 12.0 Å². The minimum Gasteiger partial charge on any atom is -0.394 e. The number of halogens is 1. The Balaban J connectivity index is 1.92. The fourth-order valence-corrected chi connectivity index (χ4v) is 2.15. The van der Waals surface area contributed by atoms with Gasteiger partial charge in [-0.2, -0.15) is 0 Å². The molecule has 0 spiro atoms. The second-order valence-electron chi connectivity index (χ2n) is 4.90. The van der Waals surface area contributed by atoms with Gasteiger partial charge in [0, 0.05) is 0 Å². The quantitative estimate of drug-likeness (QED) is 0.854. The number of nitrogens with one attached hydrogen (secondary N) is 1. The summed E-state index contributed by atoms with van der Waals surface area (Å²) in [5.41, 5.74) is 1.38. The van der Waals surface area contributed by atoms with Gasteiger partial charge in [0.05, 0.1) is 19.1 Å². The van der Waals surface area contributed by atoms with Crippen LogP contribution in [0.15, 0.2) is 54.6 Å². The van der Waals surface area contributed by atoms with Crippen LogP contribution < -0.4 is 5.32 Å². The van der Waals surface area contributed by atoms with Crippen molar-refractivity contribution in [2.24, 2.45) is 0 Å². The van der Waals surface area contributed by atoms with Crippen molar-refractivity contribution >= 4 is 5.91 Å². The van der Waals surface area contributed by atoms with E-state index >= 15 is 0 Å². The number of carbonyl (C=O) groups excluding carboxylic acids is 1. The zero-order valence-corrected chi connectivity index (χ0v) is 11.6. The van der Waals surface area contributed by atoms with Crippen LogP contribution in [0.1, 0.15) is 11.1 Å². The lowest BCUT2D eigenvalue weighted by atomic mass is 10.1. The first kappa shape index (κ1) is 15.2. The molecular weight excluding hydrogens is 269 g/mol. The molecule has 0 aliphatic rings. The molecule has 0 heterocycles. The second-order valence-corrected chi connectivity index (χ2v) is 4.90. The number of amides is 1. The van der Waals surface area contributed by atoms with Crippen LogP contribution in [0.3, 0.4) is 0 Å². The van der Waals surface area contributed by atoms with Crippen LogP contribution in [0, 0.1) is 5.82 Å². The van der Waals surface area contributed by atoms with E-state index in [2.05, 4.69) is 5.32 Å². The molecule has 110 valence electrons. The van der Waals surface area contributed by atoms with Crippen molar-refractivity contribution in [1.29, 1.82) is 0 Å². The molecule has 0 radical (unpaired) electrons. The van der Waals surface area contributed by atoms with Crippen LogP contribution in [0.4, 0.5) is 4.39 Å². The van der Waals surface area contributed by atoms with Gasteiger partial charge in [-0.3, -0.25) is 4.79 Å². The fraction of sp³-hybridized carbons (Fsp3) is 0.235. The Morgan fingerprint density at radius 3 is 2.43 bits per heavy atom. The first-order chi connectivity index (χ1) is 10.2. The molecule has 2 aromatic rings. The van der Waals surface area contributed by atoms with E-state index < -0.39 is 5.82 Å². The zero-order chi connectivity index (χ0) is 15.1. The first-order valence-corrected chi connectivity index (χ1v) is 6.86. The van der Waals surface area contributed by atoms with Crippen molar-refractivity contribution in [2.45, 2.75) is 18.9 Å². The molecule has 1 amide bonds. The van der Waals surface area contributed by atoms with E-state index in [9.17, 15) is 14.3 Å². The topological polar surface area (TPSA) is 49.3 Å². The van der Waals surface area contributed by atoms with Crippen molar-refractivity contribution < 1.29 is 14.3 Å². The Labute approximate surface area is 123 Å². The standard InChI is InChI=1S/C17H18FNO2/c18-16-9-5-4-8-14(16)11-17(21)19-15(12-20)10-13-6-2-1-3-7-13/h1-9,15,20H,10-12H2,(H,19,21). The molecule has 0 fully saturated rings. The van der Waals surface area contributed by atoms with Crippen molar-refractivity contribution in [3.8, 4) is 0 Å². The average Bonchev–Trinajstić information content (AvgIpc) is 2.50. The van der Waals surface area contributed by atoms with Gasteiger partial charge in [0.15, 0.2) is 0 Å². The van der Waals surface area contributed by atoms with E-state index in [1.165, 1.54) is 6.07 Å². The predicted octanol–water partition coefficient (Wildman–Crippen LogP) is 2.09. The largest absolute Gasteiger partial charge is 0.394 e. The van der Waals surface area contributed by atoms with E-state index in [-0.39, 0.29) is 25.0 Å². The summed E-state index contributed by atoms with van der Waals surface area (Å²) in [6.45, 7) is -0.155.